The number of imidazole rings is 1. The molecule has 66 valence electrons. The largest absolute Gasteiger partial charge is 0.332 e. The fourth-order valence-electron chi connectivity index (χ4n) is 1.75. The van der Waals surface area contributed by atoms with Crippen LogP contribution in [0.4, 0.5) is 0 Å². The van der Waals surface area contributed by atoms with E-state index in [9.17, 15) is 0 Å². The fourth-order valence-corrected chi connectivity index (χ4v) is 1.75. The van der Waals surface area contributed by atoms with Crippen LogP contribution in [-0.4, -0.2) is 27.5 Å². The monoisotopic (exact) mass is 165 g/mol. The first-order valence-electron chi connectivity index (χ1n) is 4.61. The third kappa shape index (κ3) is 1.37. The maximum absolute atomic E-state index is 4.13. The topological polar surface area (TPSA) is 21.1 Å². The van der Waals surface area contributed by atoms with Gasteiger partial charge in [0.05, 0.1) is 12.0 Å². The molecule has 1 aromatic heterocycles. The van der Waals surface area contributed by atoms with Gasteiger partial charge < -0.3 is 4.57 Å². The molecule has 0 spiro atoms. The number of hydrogen-bond acceptors (Lipinski definition) is 2. The fraction of sp³-hybridized carbons (Fsp3) is 0.667. The minimum absolute atomic E-state index is 1.08. The molecule has 2 heterocycles. The zero-order valence-electron chi connectivity index (χ0n) is 7.53. The van der Waals surface area contributed by atoms with Gasteiger partial charge in [-0.2, -0.15) is 0 Å². The summed E-state index contributed by atoms with van der Waals surface area (Å²) in [4.78, 5) is 6.62. The quantitative estimate of drug-likeness (QED) is 0.654. The minimum Gasteiger partial charge on any atom is -0.332 e. The van der Waals surface area contributed by atoms with Crippen LogP contribution in [-0.2, 0) is 13.1 Å². The first-order valence-corrected chi connectivity index (χ1v) is 4.61. The van der Waals surface area contributed by atoms with E-state index in [1.165, 1.54) is 25.2 Å². The molecule has 0 N–H and O–H groups in total. The van der Waals surface area contributed by atoms with Gasteiger partial charge in [0.15, 0.2) is 0 Å². The molecule has 0 aromatic carbocycles. The summed E-state index contributed by atoms with van der Waals surface area (Å²) in [6, 6.07) is 0. The Balaban J connectivity index is 2.05. The molecule has 3 nitrogen and oxygen atoms in total. The van der Waals surface area contributed by atoms with Gasteiger partial charge in [0.2, 0.25) is 0 Å². The van der Waals surface area contributed by atoms with Gasteiger partial charge in [0, 0.05) is 25.8 Å². The van der Waals surface area contributed by atoms with Crippen LogP contribution in [0.1, 0.15) is 19.0 Å². The van der Waals surface area contributed by atoms with Gasteiger partial charge in [-0.3, -0.25) is 4.90 Å². The third-order valence-electron chi connectivity index (χ3n) is 2.38. The Morgan fingerprint density at radius 2 is 2.42 bits per heavy atom. The van der Waals surface area contributed by atoms with Crippen LogP contribution in [0.2, 0.25) is 0 Å². The summed E-state index contributed by atoms with van der Waals surface area (Å²) in [5, 5.41) is 0. The van der Waals surface area contributed by atoms with Crippen molar-refractivity contribution in [2.45, 2.75) is 26.4 Å². The number of hydrogen-bond donors (Lipinski definition) is 0. The van der Waals surface area contributed by atoms with E-state index in [0.717, 1.165) is 13.1 Å². The van der Waals surface area contributed by atoms with Crippen LogP contribution in [0.25, 0.3) is 0 Å². The zero-order chi connectivity index (χ0) is 8.39. The molecule has 0 bridgehead atoms. The van der Waals surface area contributed by atoms with Gasteiger partial charge in [0.1, 0.15) is 0 Å². The van der Waals surface area contributed by atoms with E-state index in [1.54, 1.807) is 0 Å². The Labute approximate surface area is 73.0 Å². The standard InChI is InChI=1S/C9H15N3/c1-2-3-11-4-5-12-8-10-6-9(12)7-11/h6,8H,2-5,7H2,1H3. The summed E-state index contributed by atoms with van der Waals surface area (Å²) in [7, 11) is 0. The first-order chi connectivity index (χ1) is 5.90. The van der Waals surface area contributed by atoms with E-state index in [-0.39, 0.29) is 0 Å². The summed E-state index contributed by atoms with van der Waals surface area (Å²) in [5.74, 6) is 0. The van der Waals surface area contributed by atoms with E-state index in [4.69, 9.17) is 0 Å². The normalized spacial score (nSPS) is 17.8. The average molecular weight is 165 g/mol. The summed E-state index contributed by atoms with van der Waals surface area (Å²) in [6.07, 6.45) is 5.15. The Morgan fingerprint density at radius 1 is 1.50 bits per heavy atom. The van der Waals surface area contributed by atoms with Gasteiger partial charge in [-0.05, 0) is 13.0 Å². The molecule has 2 rings (SSSR count). The van der Waals surface area contributed by atoms with Gasteiger partial charge in [0.25, 0.3) is 0 Å². The SMILES string of the molecule is CCCN1CCn2cncc2C1. The highest BCUT2D eigenvalue weighted by molar-refractivity contribution is 5.00. The highest BCUT2D eigenvalue weighted by atomic mass is 15.2. The highest BCUT2D eigenvalue weighted by Crippen LogP contribution is 2.10. The van der Waals surface area contributed by atoms with E-state index in [1.807, 2.05) is 12.5 Å². The van der Waals surface area contributed by atoms with Crippen LogP contribution in [0.15, 0.2) is 12.5 Å². The van der Waals surface area contributed by atoms with Crippen molar-refractivity contribution in [3.8, 4) is 0 Å². The van der Waals surface area contributed by atoms with Crippen molar-refractivity contribution in [1.29, 1.82) is 0 Å². The van der Waals surface area contributed by atoms with Crippen molar-refractivity contribution in [2.75, 3.05) is 13.1 Å². The van der Waals surface area contributed by atoms with Crippen molar-refractivity contribution in [3.63, 3.8) is 0 Å². The summed E-state index contributed by atoms with van der Waals surface area (Å²) >= 11 is 0. The predicted molar refractivity (Wildman–Crippen MR) is 47.8 cm³/mol. The second-order valence-electron chi connectivity index (χ2n) is 3.35. The highest BCUT2D eigenvalue weighted by Gasteiger charge is 2.13. The van der Waals surface area contributed by atoms with Crippen LogP contribution >= 0.6 is 0 Å². The van der Waals surface area contributed by atoms with Gasteiger partial charge in [-0.25, -0.2) is 4.98 Å². The van der Waals surface area contributed by atoms with Gasteiger partial charge in [-0.1, -0.05) is 6.92 Å². The molecule has 0 amide bonds. The van der Waals surface area contributed by atoms with Crippen molar-refractivity contribution in [2.24, 2.45) is 0 Å². The Kier molecular flexibility index (Phi) is 2.13. The van der Waals surface area contributed by atoms with Crippen LogP contribution in [0.5, 0.6) is 0 Å². The van der Waals surface area contributed by atoms with Crippen molar-refractivity contribution in [1.82, 2.24) is 14.5 Å². The Morgan fingerprint density at radius 3 is 3.25 bits per heavy atom. The molecule has 1 aliphatic heterocycles. The Bertz CT molecular complexity index is 254. The lowest BCUT2D eigenvalue weighted by atomic mass is 10.3. The van der Waals surface area contributed by atoms with Crippen molar-refractivity contribution < 1.29 is 0 Å². The molecule has 1 aliphatic rings. The maximum atomic E-state index is 4.13. The van der Waals surface area contributed by atoms with Crippen LogP contribution in [0, 0.1) is 0 Å². The molecular formula is C9H15N3. The lowest BCUT2D eigenvalue weighted by molar-refractivity contribution is 0.222. The Hall–Kier alpha value is -0.830. The molecule has 0 atom stereocenters. The number of fused-ring (bicyclic) bond motifs is 1. The summed E-state index contributed by atoms with van der Waals surface area (Å²) < 4.78 is 2.24. The van der Waals surface area contributed by atoms with Crippen molar-refractivity contribution in [3.05, 3.63) is 18.2 Å². The maximum Gasteiger partial charge on any atom is 0.0949 e. The van der Waals surface area contributed by atoms with Crippen molar-refractivity contribution >= 4 is 0 Å². The average Bonchev–Trinajstić information content (AvgIpc) is 2.51. The van der Waals surface area contributed by atoms with Crippen LogP contribution in [0.3, 0.4) is 0 Å². The second kappa shape index (κ2) is 3.27. The molecule has 12 heavy (non-hydrogen) atoms. The lowest BCUT2D eigenvalue weighted by Gasteiger charge is -2.27. The lowest BCUT2D eigenvalue weighted by Crippen LogP contribution is -2.33. The molecule has 0 unspecified atom stereocenters. The molecule has 0 saturated carbocycles. The number of aromatic nitrogens is 2. The third-order valence-corrected chi connectivity index (χ3v) is 2.38. The first kappa shape index (κ1) is 7.80. The number of rotatable bonds is 2. The molecule has 0 saturated heterocycles. The summed E-state index contributed by atoms with van der Waals surface area (Å²) in [5.41, 5.74) is 1.36. The number of nitrogens with zero attached hydrogens (tertiary/aromatic N) is 3. The molecule has 0 aliphatic carbocycles. The van der Waals surface area contributed by atoms with E-state index >= 15 is 0 Å². The van der Waals surface area contributed by atoms with Crippen LogP contribution < -0.4 is 0 Å². The van der Waals surface area contributed by atoms with E-state index < -0.39 is 0 Å². The predicted octanol–water partition coefficient (Wildman–Crippen LogP) is 1.11. The molecule has 0 radical (unpaired) electrons. The van der Waals surface area contributed by atoms with Gasteiger partial charge >= 0.3 is 0 Å². The molecule has 0 fully saturated rings. The molecular weight excluding hydrogens is 150 g/mol. The van der Waals surface area contributed by atoms with E-state index in [0.29, 0.717) is 0 Å². The minimum atomic E-state index is 1.08. The van der Waals surface area contributed by atoms with E-state index in [2.05, 4.69) is 21.4 Å². The molecule has 1 aromatic rings. The zero-order valence-corrected chi connectivity index (χ0v) is 7.53. The molecule has 3 heteroatoms. The smallest absolute Gasteiger partial charge is 0.0949 e. The van der Waals surface area contributed by atoms with Gasteiger partial charge in [-0.15, -0.1) is 0 Å². The second-order valence-corrected chi connectivity index (χ2v) is 3.35. The summed E-state index contributed by atoms with van der Waals surface area (Å²) in [6.45, 7) is 6.80.